The number of amides is 2. The lowest BCUT2D eigenvalue weighted by Gasteiger charge is -2.34. The first-order valence-corrected chi connectivity index (χ1v) is 17.2. The molecule has 0 unspecified atom stereocenters. The number of halogens is 1. The molecule has 1 N–H and O–H groups in total. The van der Waals surface area contributed by atoms with E-state index in [2.05, 4.69) is 5.32 Å². The van der Waals surface area contributed by atoms with Crippen molar-refractivity contribution in [2.45, 2.75) is 50.6 Å². The van der Waals surface area contributed by atoms with Gasteiger partial charge in [-0.3, -0.25) is 13.9 Å². The fraction of sp³-hybridized carbons (Fsp3) is 0.278. The van der Waals surface area contributed by atoms with E-state index in [0.717, 1.165) is 22.7 Å². The summed E-state index contributed by atoms with van der Waals surface area (Å²) in [6, 6.07) is 30.2. The van der Waals surface area contributed by atoms with Gasteiger partial charge in [0, 0.05) is 24.5 Å². The van der Waals surface area contributed by atoms with Gasteiger partial charge in [0.1, 0.15) is 18.3 Å². The molecule has 8 nitrogen and oxygen atoms in total. The zero-order chi connectivity index (χ0) is 32.9. The molecular formula is C36H40ClN3O5S. The molecule has 4 rings (SSSR count). The first kappa shape index (κ1) is 34.5. The highest BCUT2D eigenvalue weighted by molar-refractivity contribution is 7.92. The molecule has 0 bridgehead atoms. The third-order valence-corrected chi connectivity index (χ3v) is 9.41. The minimum absolute atomic E-state index is 0.00661. The number of nitrogens with zero attached hydrogens (tertiary/aromatic N) is 2. The number of carbonyl (C=O) groups excluding carboxylic acids is 2. The molecule has 0 aliphatic heterocycles. The number of carbonyl (C=O) groups is 2. The normalized spacial score (nSPS) is 11.8. The zero-order valence-electron chi connectivity index (χ0n) is 26.1. The van der Waals surface area contributed by atoms with Gasteiger partial charge in [-0.1, -0.05) is 85.6 Å². The van der Waals surface area contributed by atoms with Crippen LogP contribution in [0, 0.1) is 0 Å². The van der Waals surface area contributed by atoms with Gasteiger partial charge in [0.2, 0.25) is 11.8 Å². The molecule has 242 valence electrons. The summed E-state index contributed by atoms with van der Waals surface area (Å²) in [7, 11) is -4.21. The maximum Gasteiger partial charge on any atom is 0.264 e. The van der Waals surface area contributed by atoms with Gasteiger partial charge in [-0.05, 0) is 73.0 Å². The molecule has 2 amide bonds. The Labute approximate surface area is 277 Å². The van der Waals surface area contributed by atoms with Crippen LogP contribution in [0.2, 0.25) is 5.02 Å². The summed E-state index contributed by atoms with van der Waals surface area (Å²) >= 11 is 6.31. The highest BCUT2D eigenvalue weighted by Crippen LogP contribution is 2.26. The Bertz CT molecular complexity index is 1670. The van der Waals surface area contributed by atoms with Crippen LogP contribution in [0.5, 0.6) is 5.75 Å². The second-order valence-corrected chi connectivity index (χ2v) is 13.1. The van der Waals surface area contributed by atoms with E-state index in [-0.39, 0.29) is 23.8 Å². The molecule has 0 fully saturated rings. The summed E-state index contributed by atoms with van der Waals surface area (Å²) in [6.07, 6.45) is 1.92. The number of ether oxygens (including phenoxy) is 1. The molecule has 0 aromatic heterocycles. The molecule has 0 radical (unpaired) electrons. The van der Waals surface area contributed by atoms with E-state index in [9.17, 15) is 18.0 Å². The molecule has 0 heterocycles. The average molecular weight is 662 g/mol. The molecule has 0 saturated heterocycles. The first-order valence-electron chi connectivity index (χ1n) is 15.4. The summed E-state index contributed by atoms with van der Waals surface area (Å²) in [5, 5.41) is 3.48. The number of hydrogen-bond donors (Lipinski definition) is 1. The van der Waals surface area contributed by atoms with Crippen molar-refractivity contribution in [2.24, 2.45) is 0 Å². The van der Waals surface area contributed by atoms with Crippen molar-refractivity contribution in [1.29, 1.82) is 0 Å². The Morgan fingerprint density at radius 1 is 0.848 bits per heavy atom. The summed E-state index contributed by atoms with van der Waals surface area (Å²) in [6.45, 7) is 4.29. The van der Waals surface area contributed by atoms with Gasteiger partial charge >= 0.3 is 0 Å². The van der Waals surface area contributed by atoms with Crippen LogP contribution < -0.4 is 14.4 Å². The van der Waals surface area contributed by atoms with Crippen molar-refractivity contribution in [3.8, 4) is 5.75 Å². The van der Waals surface area contributed by atoms with Crippen LogP contribution in [-0.2, 0) is 32.6 Å². The molecule has 0 aliphatic rings. The Hall–Kier alpha value is -4.34. The van der Waals surface area contributed by atoms with Crippen LogP contribution in [0.25, 0.3) is 0 Å². The highest BCUT2D eigenvalue weighted by Gasteiger charge is 2.34. The lowest BCUT2D eigenvalue weighted by molar-refractivity contribution is -0.140. The van der Waals surface area contributed by atoms with E-state index in [4.69, 9.17) is 16.3 Å². The molecule has 0 aliphatic carbocycles. The van der Waals surface area contributed by atoms with Gasteiger partial charge in [0.25, 0.3) is 10.0 Å². The Kier molecular flexibility index (Phi) is 12.6. The zero-order valence-corrected chi connectivity index (χ0v) is 27.7. The summed E-state index contributed by atoms with van der Waals surface area (Å²) < 4.78 is 34.9. The van der Waals surface area contributed by atoms with Crippen LogP contribution in [0.4, 0.5) is 5.69 Å². The number of anilines is 1. The van der Waals surface area contributed by atoms with E-state index < -0.39 is 28.5 Å². The van der Waals surface area contributed by atoms with Crippen LogP contribution in [0.3, 0.4) is 0 Å². The number of hydrogen-bond acceptors (Lipinski definition) is 5. The van der Waals surface area contributed by atoms with Crippen molar-refractivity contribution in [3.63, 3.8) is 0 Å². The fourth-order valence-corrected chi connectivity index (χ4v) is 6.64. The second-order valence-electron chi connectivity index (χ2n) is 10.8. The largest absolute Gasteiger partial charge is 0.494 e. The molecule has 4 aromatic carbocycles. The predicted molar refractivity (Wildman–Crippen MR) is 182 cm³/mol. The number of sulfonamides is 1. The predicted octanol–water partition coefficient (Wildman–Crippen LogP) is 6.49. The third-order valence-electron chi connectivity index (χ3n) is 7.39. The Morgan fingerprint density at radius 3 is 2.13 bits per heavy atom. The second kappa shape index (κ2) is 16.8. The van der Waals surface area contributed by atoms with Gasteiger partial charge in [-0.2, -0.15) is 0 Å². The van der Waals surface area contributed by atoms with Crippen molar-refractivity contribution in [1.82, 2.24) is 10.2 Å². The van der Waals surface area contributed by atoms with Gasteiger partial charge in [0.15, 0.2) is 0 Å². The molecule has 1 atom stereocenters. The van der Waals surface area contributed by atoms with E-state index in [0.29, 0.717) is 35.2 Å². The molecule has 46 heavy (non-hydrogen) atoms. The Morgan fingerprint density at radius 2 is 1.50 bits per heavy atom. The summed E-state index contributed by atoms with van der Waals surface area (Å²) in [4.78, 5) is 29.8. The monoisotopic (exact) mass is 661 g/mol. The quantitative estimate of drug-likeness (QED) is 0.139. The molecule has 0 saturated carbocycles. The van der Waals surface area contributed by atoms with Crippen LogP contribution >= 0.6 is 11.6 Å². The maximum absolute atomic E-state index is 14.5. The van der Waals surface area contributed by atoms with Gasteiger partial charge in [-0.15, -0.1) is 0 Å². The van der Waals surface area contributed by atoms with E-state index in [1.807, 2.05) is 50.2 Å². The highest BCUT2D eigenvalue weighted by atomic mass is 35.5. The molecule has 10 heteroatoms. The van der Waals surface area contributed by atoms with Crippen molar-refractivity contribution in [2.75, 3.05) is 24.0 Å². The van der Waals surface area contributed by atoms with Crippen LogP contribution in [0.15, 0.2) is 114 Å². The average Bonchev–Trinajstić information content (AvgIpc) is 3.06. The topological polar surface area (TPSA) is 96.0 Å². The summed E-state index contributed by atoms with van der Waals surface area (Å²) in [5.74, 6) is -0.312. The first-order chi connectivity index (χ1) is 22.2. The van der Waals surface area contributed by atoms with Gasteiger partial charge in [0.05, 0.1) is 17.2 Å². The smallest absolute Gasteiger partial charge is 0.264 e. The lowest BCUT2D eigenvalue weighted by Crippen LogP contribution is -2.53. The number of unbranched alkanes of at least 4 members (excludes halogenated alkanes) is 1. The van der Waals surface area contributed by atoms with Crippen molar-refractivity contribution < 1.29 is 22.7 Å². The summed E-state index contributed by atoms with van der Waals surface area (Å²) in [5.41, 5.74) is 1.89. The number of para-hydroxylation sites is 1. The SMILES string of the molecule is CCCCNC(=O)[C@H](Cc1ccccc1)N(Cc1cccc(Cl)c1)C(=O)CN(c1ccccc1)S(=O)(=O)c1ccc(OCC)cc1. The minimum atomic E-state index is -4.21. The van der Waals surface area contributed by atoms with E-state index in [1.54, 1.807) is 60.7 Å². The van der Waals surface area contributed by atoms with Crippen LogP contribution in [-0.4, -0.2) is 50.9 Å². The van der Waals surface area contributed by atoms with Gasteiger partial charge < -0.3 is 15.0 Å². The fourth-order valence-electron chi connectivity index (χ4n) is 5.02. The van der Waals surface area contributed by atoms with Crippen molar-refractivity contribution >= 4 is 39.1 Å². The molecular weight excluding hydrogens is 622 g/mol. The minimum Gasteiger partial charge on any atom is -0.494 e. The Balaban J connectivity index is 1.76. The van der Waals surface area contributed by atoms with Gasteiger partial charge in [-0.25, -0.2) is 8.42 Å². The number of benzene rings is 4. The molecule has 4 aromatic rings. The van der Waals surface area contributed by atoms with E-state index >= 15 is 0 Å². The number of nitrogens with one attached hydrogen (secondary N) is 1. The van der Waals surface area contributed by atoms with Crippen LogP contribution in [0.1, 0.15) is 37.8 Å². The third kappa shape index (κ3) is 9.34. The molecule has 0 spiro atoms. The number of rotatable bonds is 16. The standard InChI is InChI=1S/C36H40ClN3O5S/c1-3-5-23-38-36(42)34(25-28-13-8-6-9-14-28)39(26-29-15-12-16-30(37)24-29)35(41)27-40(31-17-10-7-11-18-31)46(43,44)33-21-19-32(20-22-33)45-4-2/h6-22,24,34H,3-5,23,25-27H2,1-2H3,(H,38,42)/t34-/m0/s1. The van der Waals surface area contributed by atoms with Crippen molar-refractivity contribution in [3.05, 3.63) is 125 Å². The maximum atomic E-state index is 14.5. The lowest BCUT2D eigenvalue weighted by atomic mass is 10.0. The van der Waals surface area contributed by atoms with E-state index in [1.165, 1.54) is 17.0 Å².